The summed E-state index contributed by atoms with van der Waals surface area (Å²) in [7, 11) is -2.73. The zero-order chi connectivity index (χ0) is 10.8. The van der Waals surface area contributed by atoms with Gasteiger partial charge in [0, 0.05) is 0 Å². The van der Waals surface area contributed by atoms with Crippen molar-refractivity contribution in [1.82, 2.24) is 0 Å². The maximum absolute atomic E-state index is 10.8. The van der Waals surface area contributed by atoms with Crippen molar-refractivity contribution in [1.29, 1.82) is 0 Å². The van der Waals surface area contributed by atoms with Crippen LogP contribution in [0, 0.1) is 0 Å². The van der Waals surface area contributed by atoms with Crippen LogP contribution in [0.25, 0.3) is 0 Å². The van der Waals surface area contributed by atoms with E-state index in [2.05, 4.69) is 0 Å². The van der Waals surface area contributed by atoms with Gasteiger partial charge in [-0.3, -0.25) is 4.57 Å². The van der Waals surface area contributed by atoms with Crippen molar-refractivity contribution in [2.45, 2.75) is 45.6 Å². The first-order valence-electron chi connectivity index (χ1n) is 5.18. The van der Waals surface area contributed by atoms with Crippen molar-refractivity contribution in [2.24, 2.45) is 0 Å². The lowest BCUT2D eigenvalue weighted by Gasteiger charge is -2.15. The molecule has 0 aliphatic rings. The van der Waals surface area contributed by atoms with Crippen LogP contribution in [0.15, 0.2) is 0 Å². The van der Waals surface area contributed by atoms with E-state index in [1.807, 2.05) is 13.8 Å². The fourth-order valence-corrected chi connectivity index (χ4v) is 1.38. The first-order chi connectivity index (χ1) is 6.72. The van der Waals surface area contributed by atoms with E-state index in [1.54, 1.807) is 0 Å². The highest BCUT2D eigenvalue weighted by atomic mass is 31.1. The first kappa shape index (κ1) is 14.1. The van der Waals surface area contributed by atoms with Gasteiger partial charge in [-0.05, 0) is 12.8 Å². The van der Waals surface area contributed by atoms with Gasteiger partial charge in [-0.2, -0.15) is 0 Å². The Balaban J connectivity index is 3.61. The zero-order valence-corrected chi connectivity index (χ0v) is 9.99. The molecular weight excluding hydrogens is 203 g/mol. The minimum Gasteiger partial charge on any atom is -0.345 e. The molecule has 0 aromatic carbocycles. The number of hydrogen-bond donors (Lipinski definition) is 1. The van der Waals surface area contributed by atoms with Crippen LogP contribution in [-0.4, -0.2) is 24.1 Å². The maximum Gasteiger partial charge on any atom is 0.243 e. The summed E-state index contributed by atoms with van der Waals surface area (Å²) in [6.45, 7) is 5.06. The van der Waals surface area contributed by atoms with Crippen LogP contribution < -0.4 is 0 Å². The van der Waals surface area contributed by atoms with Crippen LogP contribution in [0.1, 0.15) is 39.5 Å². The molecule has 14 heavy (non-hydrogen) atoms. The maximum atomic E-state index is 10.8. The van der Waals surface area contributed by atoms with Gasteiger partial charge in [-0.25, -0.2) is 0 Å². The summed E-state index contributed by atoms with van der Waals surface area (Å²) >= 11 is 0. The molecule has 86 valence electrons. The van der Waals surface area contributed by atoms with Crippen LogP contribution in [0.2, 0.25) is 0 Å². The van der Waals surface area contributed by atoms with Crippen LogP contribution in [0.4, 0.5) is 0 Å². The SMILES string of the molecule is CCCCOC(OCCCC)[PH](=O)O. The van der Waals surface area contributed by atoms with Crippen molar-refractivity contribution < 1.29 is 18.9 Å². The molecule has 4 nitrogen and oxygen atoms in total. The summed E-state index contributed by atoms with van der Waals surface area (Å²) in [5, 5.41) is 0. The summed E-state index contributed by atoms with van der Waals surface area (Å²) < 4.78 is 21.1. The summed E-state index contributed by atoms with van der Waals surface area (Å²) in [6, 6.07) is -0.905. The van der Waals surface area contributed by atoms with Gasteiger partial charge in [0.1, 0.15) is 0 Å². The lowest BCUT2D eigenvalue weighted by Crippen LogP contribution is -2.14. The Labute approximate surface area is 86.5 Å². The molecule has 0 aliphatic carbocycles. The van der Waals surface area contributed by atoms with E-state index in [1.165, 1.54) is 0 Å². The molecule has 1 N–H and O–H groups in total. The third kappa shape index (κ3) is 7.51. The molecule has 0 radical (unpaired) electrons. The number of ether oxygens (including phenoxy) is 2. The Hall–Kier alpha value is 0.110. The number of hydrogen-bond acceptors (Lipinski definition) is 3. The second-order valence-corrected chi connectivity index (χ2v) is 4.27. The Kier molecular flexibility index (Phi) is 9.73. The van der Waals surface area contributed by atoms with Crippen molar-refractivity contribution in [3.63, 3.8) is 0 Å². The number of rotatable bonds is 9. The van der Waals surface area contributed by atoms with Gasteiger partial charge in [-0.1, -0.05) is 26.7 Å². The van der Waals surface area contributed by atoms with Crippen molar-refractivity contribution in [2.75, 3.05) is 13.2 Å². The Bertz CT molecular complexity index is 142. The smallest absolute Gasteiger partial charge is 0.243 e. The predicted octanol–water partition coefficient (Wildman–Crippen LogP) is 2.37. The second-order valence-electron chi connectivity index (χ2n) is 3.12. The van der Waals surface area contributed by atoms with E-state index >= 15 is 0 Å². The molecule has 0 spiro atoms. The third-order valence-electron chi connectivity index (χ3n) is 1.74. The van der Waals surface area contributed by atoms with Crippen molar-refractivity contribution >= 4 is 8.03 Å². The summed E-state index contributed by atoms with van der Waals surface area (Å²) in [4.78, 5) is 8.91. The van der Waals surface area contributed by atoms with E-state index in [0.717, 1.165) is 25.7 Å². The highest BCUT2D eigenvalue weighted by Gasteiger charge is 2.14. The van der Waals surface area contributed by atoms with Crippen LogP contribution in [0.3, 0.4) is 0 Å². The van der Waals surface area contributed by atoms with Crippen molar-refractivity contribution in [3.05, 3.63) is 0 Å². The molecular formula is C9H21O4P. The van der Waals surface area contributed by atoms with E-state index in [4.69, 9.17) is 14.4 Å². The topological polar surface area (TPSA) is 55.8 Å². The normalized spacial score (nSPS) is 13.4. The molecule has 0 heterocycles. The molecule has 5 heteroatoms. The van der Waals surface area contributed by atoms with Gasteiger partial charge in [0.15, 0.2) is 0 Å². The Morgan fingerprint density at radius 3 is 1.86 bits per heavy atom. The average Bonchev–Trinajstić information content (AvgIpc) is 2.15. The van der Waals surface area contributed by atoms with Gasteiger partial charge in [-0.15, -0.1) is 0 Å². The minimum atomic E-state index is -2.73. The van der Waals surface area contributed by atoms with E-state index in [-0.39, 0.29) is 0 Å². The van der Waals surface area contributed by atoms with Gasteiger partial charge in [0.05, 0.1) is 13.2 Å². The van der Waals surface area contributed by atoms with Crippen LogP contribution >= 0.6 is 8.03 Å². The Morgan fingerprint density at radius 2 is 1.57 bits per heavy atom. The van der Waals surface area contributed by atoms with Crippen LogP contribution in [-0.2, 0) is 14.0 Å². The van der Waals surface area contributed by atoms with Gasteiger partial charge in [0.25, 0.3) is 0 Å². The lowest BCUT2D eigenvalue weighted by molar-refractivity contribution is -0.0930. The fourth-order valence-electron chi connectivity index (χ4n) is 0.860. The summed E-state index contributed by atoms with van der Waals surface area (Å²) in [6.07, 6.45) is 3.80. The fraction of sp³-hybridized carbons (Fsp3) is 1.00. The molecule has 0 aliphatic heterocycles. The monoisotopic (exact) mass is 224 g/mol. The molecule has 0 amide bonds. The van der Waals surface area contributed by atoms with E-state index < -0.39 is 14.1 Å². The van der Waals surface area contributed by atoms with E-state index in [9.17, 15) is 4.57 Å². The van der Waals surface area contributed by atoms with Crippen LogP contribution in [0.5, 0.6) is 0 Å². The highest BCUT2D eigenvalue weighted by Crippen LogP contribution is 2.25. The first-order valence-corrected chi connectivity index (χ1v) is 6.61. The highest BCUT2D eigenvalue weighted by molar-refractivity contribution is 7.38. The molecule has 0 fully saturated rings. The largest absolute Gasteiger partial charge is 0.345 e. The number of unbranched alkanes of at least 4 members (excludes halogenated alkanes) is 2. The average molecular weight is 224 g/mol. The minimum absolute atomic E-state index is 0.490. The molecule has 0 saturated heterocycles. The molecule has 0 saturated carbocycles. The summed E-state index contributed by atoms with van der Waals surface area (Å²) in [5.41, 5.74) is 0. The van der Waals surface area contributed by atoms with Gasteiger partial charge in [0.2, 0.25) is 14.1 Å². The molecule has 0 bridgehead atoms. The molecule has 0 aromatic heterocycles. The molecule has 1 unspecified atom stereocenters. The predicted molar refractivity (Wildman–Crippen MR) is 56.7 cm³/mol. The van der Waals surface area contributed by atoms with Gasteiger partial charge < -0.3 is 14.4 Å². The molecule has 0 rings (SSSR count). The standard InChI is InChI=1S/C9H21O4P/c1-3-5-7-12-9(14(10)11)13-8-6-4-2/h9,14H,3-8H2,1-2H3,(H,10,11). The van der Waals surface area contributed by atoms with E-state index in [0.29, 0.717) is 13.2 Å². The molecule has 1 atom stereocenters. The lowest BCUT2D eigenvalue weighted by atomic mass is 10.4. The Morgan fingerprint density at radius 1 is 1.14 bits per heavy atom. The molecule has 0 aromatic rings. The quantitative estimate of drug-likeness (QED) is 0.371. The summed E-state index contributed by atoms with van der Waals surface area (Å²) in [5.74, 6) is 0. The third-order valence-corrected chi connectivity index (χ3v) is 2.47. The van der Waals surface area contributed by atoms with Crippen molar-refractivity contribution in [3.8, 4) is 0 Å². The van der Waals surface area contributed by atoms with Gasteiger partial charge >= 0.3 is 0 Å². The second kappa shape index (κ2) is 9.66. The zero-order valence-electron chi connectivity index (χ0n) is 8.99.